The van der Waals surface area contributed by atoms with E-state index in [0.717, 1.165) is 5.75 Å². The highest BCUT2D eigenvalue weighted by Gasteiger charge is 2.10. The van der Waals surface area contributed by atoms with E-state index in [0.29, 0.717) is 12.6 Å². The predicted molar refractivity (Wildman–Crippen MR) is 77.3 cm³/mol. The van der Waals surface area contributed by atoms with Crippen LogP contribution in [0.1, 0.15) is 29.7 Å². The lowest BCUT2D eigenvalue weighted by Gasteiger charge is -2.17. The van der Waals surface area contributed by atoms with Gasteiger partial charge in [-0.1, -0.05) is 17.7 Å². The lowest BCUT2D eigenvalue weighted by molar-refractivity contribution is 0.300. The van der Waals surface area contributed by atoms with E-state index >= 15 is 0 Å². The summed E-state index contributed by atoms with van der Waals surface area (Å²) in [6.07, 6.45) is 0. The number of hydrogen-bond donors (Lipinski definition) is 1. The molecule has 0 bridgehead atoms. The quantitative estimate of drug-likeness (QED) is 0.881. The molecule has 1 heterocycles. The molecule has 0 aliphatic carbocycles. The Morgan fingerprint density at radius 2 is 2.17 bits per heavy atom. The summed E-state index contributed by atoms with van der Waals surface area (Å²) < 4.78 is 5.93. The van der Waals surface area contributed by atoms with Gasteiger partial charge in [0.15, 0.2) is 0 Å². The number of ether oxygens (including phenoxy) is 1. The predicted octanol–water partition coefficient (Wildman–Crippen LogP) is 3.92. The third kappa shape index (κ3) is 3.12. The molecule has 1 unspecified atom stereocenters. The highest BCUT2D eigenvalue weighted by atomic mass is 32.1. The minimum Gasteiger partial charge on any atom is -0.489 e. The van der Waals surface area contributed by atoms with E-state index in [2.05, 4.69) is 54.2 Å². The molecule has 0 amide bonds. The number of aryl methyl sites for hydroxylation is 1. The van der Waals surface area contributed by atoms with Crippen molar-refractivity contribution < 1.29 is 4.74 Å². The molecule has 2 nitrogen and oxygen atoms in total. The molecule has 1 aromatic heterocycles. The summed E-state index contributed by atoms with van der Waals surface area (Å²) in [6, 6.07) is 8.73. The minimum atomic E-state index is 0.294. The summed E-state index contributed by atoms with van der Waals surface area (Å²) in [5.74, 6) is 0.966. The van der Waals surface area contributed by atoms with Crippen molar-refractivity contribution in [1.29, 1.82) is 0 Å². The van der Waals surface area contributed by atoms with Crippen molar-refractivity contribution in [1.82, 2.24) is 5.32 Å². The number of nitrogens with one attached hydrogen (secondary N) is 1. The number of rotatable bonds is 5. The lowest BCUT2D eigenvalue weighted by Crippen LogP contribution is -2.14. The first-order valence-electron chi connectivity index (χ1n) is 6.12. The average molecular weight is 261 g/mol. The summed E-state index contributed by atoms with van der Waals surface area (Å²) in [4.78, 5) is 0. The van der Waals surface area contributed by atoms with Crippen LogP contribution in [0.2, 0.25) is 0 Å². The van der Waals surface area contributed by atoms with Crippen LogP contribution in [0.25, 0.3) is 0 Å². The molecule has 0 spiro atoms. The standard InChI is InChI=1S/C15H19NOS/c1-11-4-5-15(14(8-11)12(2)16-3)17-9-13-6-7-18-10-13/h4-8,10,12,16H,9H2,1-3H3. The lowest BCUT2D eigenvalue weighted by atomic mass is 10.0. The van der Waals surface area contributed by atoms with E-state index < -0.39 is 0 Å². The highest BCUT2D eigenvalue weighted by molar-refractivity contribution is 7.07. The molecule has 0 saturated heterocycles. The van der Waals surface area contributed by atoms with E-state index in [1.54, 1.807) is 11.3 Å². The van der Waals surface area contributed by atoms with E-state index in [1.807, 2.05) is 7.05 Å². The van der Waals surface area contributed by atoms with Crippen molar-refractivity contribution in [3.8, 4) is 5.75 Å². The van der Waals surface area contributed by atoms with Crippen LogP contribution in [-0.2, 0) is 6.61 Å². The van der Waals surface area contributed by atoms with E-state index in [-0.39, 0.29) is 0 Å². The van der Waals surface area contributed by atoms with Crippen LogP contribution in [0.15, 0.2) is 35.0 Å². The van der Waals surface area contributed by atoms with Crippen molar-refractivity contribution >= 4 is 11.3 Å². The van der Waals surface area contributed by atoms with Gasteiger partial charge >= 0.3 is 0 Å². The van der Waals surface area contributed by atoms with Crippen LogP contribution >= 0.6 is 11.3 Å². The minimum absolute atomic E-state index is 0.294. The molecule has 0 radical (unpaired) electrons. The zero-order chi connectivity index (χ0) is 13.0. The third-order valence-corrected chi connectivity index (χ3v) is 3.77. The summed E-state index contributed by atoms with van der Waals surface area (Å²) >= 11 is 1.70. The monoisotopic (exact) mass is 261 g/mol. The van der Waals surface area contributed by atoms with Gasteiger partial charge < -0.3 is 10.1 Å². The maximum Gasteiger partial charge on any atom is 0.124 e. The van der Waals surface area contributed by atoms with Gasteiger partial charge in [-0.25, -0.2) is 0 Å². The molecular weight excluding hydrogens is 242 g/mol. The molecule has 0 aliphatic heterocycles. The van der Waals surface area contributed by atoms with E-state index in [4.69, 9.17) is 4.74 Å². The first kappa shape index (κ1) is 13.1. The Labute approximate surface area is 113 Å². The summed E-state index contributed by atoms with van der Waals surface area (Å²) in [7, 11) is 1.97. The van der Waals surface area contributed by atoms with Gasteiger partial charge in [-0.15, -0.1) is 0 Å². The summed E-state index contributed by atoms with van der Waals surface area (Å²) in [6.45, 7) is 4.89. The second-order valence-corrected chi connectivity index (χ2v) is 5.25. The Morgan fingerprint density at radius 1 is 1.33 bits per heavy atom. The molecule has 0 fully saturated rings. The molecule has 1 atom stereocenters. The first-order chi connectivity index (χ1) is 8.70. The fourth-order valence-electron chi connectivity index (χ4n) is 1.83. The first-order valence-corrected chi connectivity index (χ1v) is 7.06. The largest absolute Gasteiger partial charge is 0.489 e. The van der Waals surface area contributed by atoms with Crippen molar-refractivity contribution in [3.05, 3.63) is 51.7 Å². The van der Waals surface area contributed by atoms with Crippen LogP contribution in [0.5, 0.6) is 5.75 Å². The molecule has 1 aromatic carbocycles. The van der Waals surface area contributed by atoms with Gasteiger partial charge in [0.2, 0.25) is 0 Å². The maximum absolute atomic E-state index is 5.93. The molecule has 2 rings (SSSR count). The molecule has 3 heteroatoms. The Morgan fingerprint density at radius 3 is 2.83 bits per heavy atom. The molecule has 18 heavy (non-hydrogen) atoms. The second kappa shape index (κ2) is 6.03. The molecule has 0 saturated carbocycles. The zero-order valence-corrected chi connectivity index (χ0v) is 11.9. The van der Waals surface area contributed by atoms with Crippen LogP contribution in [0.4, 0.5) is 0 Å². The number of benzene rings is 1. The van der Waals surface area contributed by atoms with Crippen molar-refractivity contribution in [2.45, 2.75) is 26.5 Å². The fourth-order valence-corrected chi connectivity index (χ4v) is 2.48. The maximum atomic E-state index is 5.93. The molecule has 0 aliphatic rings. The average Bonchev–Trinajstić information content (AvgIpc) is 2.89. The molecular formula is C15H19NOS. The Kier molecular flexibility index (Phi) is 4.39. The van der Waals surface area contributed by atoms with Crippen molar-refractivity contribution in [2.24, 2.45) is 0 Å². The van der Waals surface area contributed by atoms with Gasteiger partial charge in [0.25, 0.3) is 0 Å². The van der Waals surface area contributed by atoms with Gasteiger partial charge in [-0.3, -0.25) is 0 Å². The van der Waals surface area contributed by atoms with Crippen molar-refractivity contribution in [2.75, 3.05) is 7.05 Å². The van der Waals surface area contributed by atoms with Crippen LogP contribution in [-0.4, -0.2) is 7.05 Å². The third-order valence-electron chi connectivity index (χ3n) is 3.04. The van der Waals surface area contributed by atoms with Gasteiger partial charge in [0, 0.05) is 11.6 Å². The van der Waals surface area contributed by atoms with Crippen LogP contribution in [0, 0.1) is 6.92 Å². The topological polar surface area (TPSA) is 21.3 Å². The smallest absolute Gasteiger partial charge is 0.124 e. The normalized spacial score (nSPS) is 12.4. The molecule has 96 valence electrons. The van der Waals surface area contributed by atoms with Crippen LogP contribution in [0.3, 0.4) is 0 Å². The fraction of sp³-hybridized carbons (Fsp3) is 0.333. The van der Waals surface area contributed by atoms with Gasteiger partial charge in [0.05, 0.1) is 0 Å². The SMILES string of the molecule is CNC(C)c1cc(C)ccc1OCc1ccsc1. The van der Waals surface area contributed by atoms with E-state index in [1.165, 1.54) is 16.7 Å². The Hall–Kier alpha value is -1.32. The second-order valence-electron chi connectivity index (χ2n) is 4.47. The Balaban J connectivity index is 2.16. The van der Waals surface area contributed by atoms with Gasteiger partial charge in [-0.2, -0.15) is 11.3 Å². The molecule has 2 aromatic rings. The van der Waals surface area contributed by atoms with Crippen molar-refractivity contribution in [3.63, 3.8) is 0 Å². The Bertz CT molecular complexity index is 493. The zero-order valence-electron chi connectivity index (χ0n) is 11.1. The molecule has 1 N–H and O–H groups in total. The summed E-state index contributed by atoms with van der Waals surface area (Å²) in [5.41, 5.74) is 3.70. The number of hydrogen-bond acceptors (Lipinski definition) is 3. The number of thiophene rings is 1. The summed E-state index contributed by atoms with van der Waals surface area (Å²) in [5, 5.41) is 7.46. The van der Waals surface area contributed by atoms with Gasteiger partial charge in [0.1, 0.15) is 12.4 Å². The highest BCUT2D eigenvalue weighted by Crippen LogP contribution is 2.27. The van der Waals surface area contributed by atoms with Gasteiger partial charge in [-0.05, 0) is 49.4 Å². The van der Waals surface area contributed by atoms with Crippen LogP contribution < -0.4 is 10.1 Å². The van der Waals surface area contributed by atoms with E-state index in [9.17, 15) is 0 Å².